The van der Waals surface area contributed by atoms with Gasteiger partial charge in [-0.05, 0) is 24.4 Å². The van der Waals surface area contributed by atoms with Crippen LogP contribution in [0.2, 0.25) is 0 Å². The third-order valence-electron chi connectivity index (χ3n) is 2.11. The lowest BCUT2D eigenvalue weighted by Crippen LogP contribution is -1.89. The van der Waals surface area contributed by atoms with E-state index in [4.69, 9.17) is 24.4 Å². The van der Waals surface area contributed by atoms with E-state index < -0.39 is 0 Å². The van der Waals surface area contributed by atoms with Gasteiger partial charge in [-0.15, -0.1) is 0 Å². The highest BCUT2D eigenvalue weighted by molar-refractivity contribution is 8.01. The Balaban J connectivity index is 1.72. The number of aryl methyl sites for hydroxylation is 2. The maximum atomic E-state index is 5.13. The number of rotatable bonds is 6. The molecule has 108 valence electrons. The van der Waals surface area contributed by atoms with Crippen molar-refractivity contribution in [1.82, 2.24) is 19.6 Å². The first kappa shape index (κ1) is 16.4. The fraction of sp³-hybridized carbons (Fsp3) is 0.400. The number of hydrogen-bond acceptors (Lipinski definition) is 8. The van der Waals surface area contributed by atoms with Gasteiger partial charge in [0.2, 0.25) is 0 Å². The standard InChI is InChI=1S/C10H12N4S6/c1-13-9(15)19-7(11-13)17-5-3-4-6-18-8-12-14(2)10(16)20-8/h3-4H,5-6H2,1-2H3/b4-3-. The molecule has 10 heteroatoms. The van der Waals surface area contributed by atoms with Crippen LogP contribution in [0.3, 0.4) is 0 Å². The summed E-state index contributed by atoms with van der Waals surface area (Å²) in [5.74, 6) is 1.81. The van der Waals surface area contributed by atoms with E-state index in [1.165, 1.54) is 0 Å². The average Bonchev–Trinajstić information content (AvgIpc) is 2.88. The minimum absolute atomic E-state index is 0.809. The van der Waals surface area contributed by atoms with E-state index in [0.717, 1.165) is 28.1 Å². The zero-order valence-electron chi connectivity index (χ0n) is 10.8. The highest BCUT2D eigenvalue weighted by atomic mass is 32.2. The van der Waals surface area contributed by atoms with Gasteiger partial charge < -0.3 is 0 Å². The third kappa shape index (κ3) is 4.78. The van der Waals surface area contributed by atoms with Crippen molar-refractivity contribution in [3.63, 3.8) is 0 Å². The van der Waals surface area contributed by atoms with Crippen LogP contribution < -0.4 is 0 Å². The first-order valence-electron chi connectivity index (χ1n) is 5.55. The fourth-order valence-electron chi connectivity index (χ4n) is 1.14. The second-order valence-corrected chi connectivity index (χ2v) is 9.39. The largest absolute Gasteiger partial charge is 0.247 e. The summed E-state index contributed by atoms with van der Waals surface area (Å²) >= 11 is 16.7. The molecule has 0 aliphatic rings. The highest BCUT2D eigenvalue weighted by Crippen LogP contribution is 2.23. The second-order valence-electron chi connectivity index (χ2n) is 3.61. The van der Waals surface area contributed by atoms with Gasteiger partial charge in [0.05, 0.1) is 0 Å². The normalized spacial score (nSPS) is 11.5. The molecule has 0 aliphatic heterocycles. The maximum absolute atomic E-state index is 5.13. The Morgan fingerprint density at radius 3 is 1.65 bits per heavy atom. The lowest BCUT2D eigenvalue weighted by Gasteiger charge is -1.91. The summed E-state index contributed by atoms with van der Waals surface area (Å²) in [6.45, 7) is 0. The van der Waals surface area contributed by atoms with E-state index in [1.54, 1.807) is 55.6 Å². The van der Waals surface area contributed by atoms with E-state index in [-0.39, 0.29) is 0 Å². The van der Waals surface area contributed by atoms with Crippen LogP contribution in [0, 0.1) is 7.91 Å². The molecule has 0 aromatic carbocycles. The zero-order valence-corrected chi connectivity index (χ0v) is 15.7. The number of nitrogens with zero attached hydrogens (tertiary/aromatic N) is 4. The van der Waals surface area contributed by atoms with Crippen molar-refractivity contribution in [2.24, 2.45) is 14.1 Å². The Morgan fingerprint density at radius 1 is 0.950 bits per heavy atom. The summed E-state index contributed by atoms with van der Waals surface area (Å²) in [5.41, 5.74) is 0. The van der Waals surface area contributed by atoms with E-state index in [1.807, 2.05) is 14.1 Å². The first-order valence-corrected chi connectivity index (χ1v) is 9.97. The Morgan fingerprint density at radius 2 is 1.35 bits per heavy atom. The van der Waals surface area contributed by atoms with Crippen LogP contribution in [0.15, 0.2) is 20.8 Å². The number of thioether (sulfide) groups is 2. The Bertz CT molecular complexity index is 646. The van der Waals surface area contributed by atoms with Crippen molar-refractivity contribution < 1.29 is 0 Å². The van der Waals surface area contributed by atoms with Crippen LogP contribution in [-0.4, -0.2) is 31.1 Å². The monoisotopic (exact) mass is 380 g/mol. The van der Waals surface area contributed by atoms with Crippen LogP contribution in [0.4, 0.5) is 0 Å². The van der Waals surface area contributed by atoms with Gasteiger partial charge in [0, 0.05) is 25.6 Å². The van der Waals surface area contributed by atoms with Gasteiger partial charge in [0.25, 0.3) is 0 Å². The molecular weight excluding hydrogens is 369 g/mol. The summed E-state index contributed by atoms with van der Waals surface area (Å²) in [7, 11) is 3.74. The van der Waals surface area contributed by atoms with Crippen LogP contribution in [0.25, 0.3) is 0 Å². The molecule has 0 spiro atoms. The van der Waals surface area contributed by atoms with Crippen molar-refractivity contribution in [2.75, 3.05) is 11.5 Å². The van der Waals surface area contributed by atoms with Gasteiger partial charge in [-0.3, -0.25) is 0 Å². The number of aromatic nitrogens is 4. The Kier molecular flexibility index (Phi) is 6.43. The molecule has 20 heavy (non-hydrogen) atoms. The first-order chi connectivity index (χ1) is 9.56. The predicted octanol–water partition coefficient (Wildman–Crippen LogP) is 4.18. The van der Waals surface area contributed by atoms with E-state index in [0.29, 0.717) is 0 Å². The topological polar surface area (TPSA) is 35.6 Å². The van der Waals surface area contributed by atoms with Crippen molar-refractivity contribution in [3.8, 4) is 0 Å². The molecule has 0 unspecified atom stereocenters. The molecule has 2 heterocycles. The molecule has 0 saturated heterocycles. The molecule has 0 bridgehead atoms. The van der Waals surface area contributed by atoms with Crippen molar-refractivity contribution in [3.05, 3.63) is 20.1 Å². The molecule has 0 radical (unpaired) electrons. The molecule has 0 saturated carbocycles. The summed E-state index contributed by atoms with van der Waals surface area (Å²) in [6.07, 6.45) is 4.29. The maximum Gasteiger partial charge on any atom is 0.179 e. The molecule has 0 N–H and O–H groups in total. The van der Waals surface area contributed by atoms with Gasteiger partial charge in [0.1, 0.15) is 0 Å². The Labute approximate surface area is 143 Å². The van der Waals surface area contributed by atoms with Crippen LogP contribution in [0.1, 0.15) is 0 Å². The number of hydrogen-bond donors (Lipinski definition) is 0. The van der Waals surface area contributed by atoms with Gasteiger partial charge in [-0.1, -0.05) is 58.3 Å². The SMILES string of the molecule is Cn1nc(SC/C=C\CSc2nn(C)c(=S)s2)sc1=S. The lowest BCUT2D eigenvalue weighted by molar-refractivity contribution is 0.729. The van der Waals surface area contributed by atoms with Crippen molar-refractivity contribution in [2.45, 2.75) is 8.68 Å². The fourth-order valence-corrected chi connectivity index (χ4v) is 5.45. The summed E-state index contributed by atoms with van der Waals surface area (Å²) in [4.78, 5) is 0. The molecule has 0 fully saturated rings. The second kappa shape index (κ2) is 7.85. The van der Waals surface area contributed by atoms with Gasteiger partial charge in [0.15, 0.2) is 16.6 Å². The molecule has 2 aromatic heterocycles. The van der Waals surface area contributed by atoms with Crippen LogP contribution in [-0.2, 0) is 14.1 Å². The average molecular weight is 381 g/mol. The quantitative estimate of drug-likeness (QED) is 0.425. The minimum Gasteiger partial charge on any atom is -0.247 e. The predicted molar refractivity (Wildman–Crippen MR) is 94.4 cm³/mol. The van der Waals surface area contributed by atoms with Gasteiger partial charge in [-0.2, -0.15) is 10.2 Å². The molecule has 0 atom stereocenters. The summed E-state index contributed by atoms with van der Waals surface area (Å²) in [5, 5.41) is 8.64. The molecule has 4 nitrogen and oxygen atoms in total. The van der Waals surface area contributed by atoms with Crippen molar-refractivity contribution in [1.29, 1.82) is 0 Å². The van der Waals surface area contributed by atoms with Gasteiger partial charge >= 0.3 is 0 Å². The van der Waals surface area contributed by atoms with Crippen LogP contribution in [0.5, 0.6) is 0 Å². The molecule has 0 amide bonds. The lowest BCUT2D eigenvalue weighted by atomic mass is 10.6. The van der Waals surface area contributed by atoms with Gasteiger partial charge in [-0.25, -0.2) is 9.36 Å². The van der Waals surface area contributed by atoms with E-state index in [2.05, 4.69) is 22.3 Å². The zero-order chi connectivity index (χ0) is 14.5. The third-order valence-corrected chi connectivity index (χ3v) is 7.11. The molecule has 2 rings (SSSR count). The summed E-state index contributed by atoms with van der Waals surface area (Å²) in [6, 6.07) is 0. The molecule has 2 aromatic rings. The van der Waals surface area contributed by atoms with E-state index in [9.17, 15) is 0 Å². The van der Waals surface area contributed by atoms with E-state index >= 15 is 0 Å². The van der Waals surface area contributed by atoms with Crippen molar-refractivity contribution >= 4 is 70.6 Å². The minimum atomic E-state index is 0.809. The smallest absolute Gasteiger partial charge is 0.179 e. The highest BCUT2D eigenvalue weighted by Gasteiger charge is 2.00. The summed E-state index contributed by atoms with van der Waals surface area (Å²) < 4.78 is 7.11. The molecular formula is C10H12N4S6. The van der Waals surface area contributed by atoms with Crippen LogP contribution >= 0.6 is 70.6 Å². The Hall–Kier alpha value is -0.000000000000000167. The molecule has 0 aliphatic carbocycles.